The third-order valence-corrected chi connectivity index (χ3v) is 2.63. The highest BCUT2D eigenvalue weighted by Crippen LogP contribution is 2.26. The lowest BCUT2D eigenvalue weighted by Gasteiger charge is -2.11. The summed E-state index contributed by atoms with van der Waals surface area (Å²) in [6.07, 6.45) is 2.13. The van der Waals surface area contributed by atoms with Crippen LogP contribution >= 0.6 is 24.0 Å². The van der Waals surface area contributed by atoms with Crippen LogP contribution in [0.3, 0.4) is 0 Å². The average Bonchev–Trinajstić information content (AvgIpc) is 2.56. The summed E-state index contributed by atoms with van der Waals surface area (Å²) in [5.41, 5.74) is 0.738. The third kappa shape index (κ3) is 2.38. The van der Waals surface area contributed by atoms with Crippen molar-refractivity contribution in [2.45, 2.75) is 18.9 Å². The van der Waals surface area contributed by atoms with E-state index in [-0.39, 0.29) is 24.3 Å². The van der Waals surface area contributed by atoms with Crippen molar-refractivity contribution < 1.29 is 4.39 Å². The van der Waals surface area contributed by atoms with Crippen molar-refractivity contribution in [3.63, 3.8) is 0 Å². The smallest absolute Gasteiger partial charge is 0.129 e. The molecule has 1 atom stereocenters. The van der Waals surface area contributed by atoms with Gasteiger partial charge in [-0.25, -0.2) is 4.39 Å². The van der Waals surface area contributed by atoms with Crippen molar-refractivity contribution in [2.75, 3.05) is 6.54 Å². The molecule has 1 unspecified atom stereocenters. The first-order valence-electron chi connectivity index (χ1n) is 4.46. The minimum Gasteiger partial charge on any atom is -0.310 e. The fourth-order valence-corrected chi connectivity index (χ4v) is 1.89. The zero-order valence-corrected chi connectivity index (χ0v) is 9.17. The van der Waals surface area contributed by atoms with Gasteiger partial charge >= 0.3 is 0 Å². The summed E-state index contributed by atoms with van der Waals surface area (Å²) < 4.78 is 13.4. The number of rotatable bonds is 1. The second-order valence-corrected chi connectivity index (χ2v) is 3.75. The van der Waals surface area contributed by atoms with Gasteiger partial charge < -0.3 is 5.32 Å². The maximum atomic E-state index is 13.4. The van der Waals surface area contributed by atoms with Crippen LogP contribution in [-0.2, 0) is 0 Å². The molecule has 1 saturated heterocycles. The number of nitrogens with one attached hydrogen (secondary N) is 1. The Hall–Kier alpha value is -0.310. The predicted octanol–water partition coefficient (Wildman–Crippen LogP) is 3.33. The highest BCUT2D eigenvalue weighted by Gasteiger charge is 2.19. The van der Waals surface area contributed by atoms with Gasteiger partial charge in [0.15, 0.2) is 0 Å². The Morgan fingerprint density at radius 2 is 2.21 bits per heavy atom. The minimum atomic E-state index is -0.202. The van der Waals surface area contributed by atoms with E-state index in [9.17, 15) is 4.39 Å². The van der Waals surface area contributed by atoms with Gasteiger partial charge in [-0.05, 0) is 31.5 Å². The van der Waals surface area contributed by atoms with Gasteiger partial charge in [0, 0.05) is 16.6 Å². The lowest BCUT2D eigenvalue weighted by molar-refractivity contribution is 0.559. The molecule has 1 aliphatic heterocycles. The largest absolute Gasteiger partial charge is 0.310 e. The molecule has 1 aliphatic rings. The Morgan fingerprint density at radius 1 is 1.43 bits per heavy atom. The second-order valence-electron chi connectivity index (χ2n) is 3.31. The van der Waals surface area contributed by atoms with Gasteiger partial charge in [-0.1, -0.05) is 17.7 Å². The van der Waals surface area contributed by atoms with Crippen LogP contribution in [0.2, 0.25) is 5.02 Å². The molecule has 1 N–H and O–H groups in total. The van der Waals surface area contributed by atoms with E-state index in [1.54, 1.807) is 12.1 Å². The van der Waals surface area contributed by atoms with E-state index in [1.807, 2.05) is 0 Å². The number of halogens is 3. The topological polar surface area (TPSA) is 12.0 Å². The van der Waals surface area contributed by atoms with E-state index in [4.69, 9.17) is 11.6 Å². The Labute approximate surface area is 94.1 Å². The molecule has 0 aromatic heterocycles. The van der Waals surface area contributed by atoms with E-state index in [0.29, 0.717) is 5.02 Å². The number of benzene rings is 1. The van der Waals surface area contributed by atoms with Crippen molar-refractivity contribution in [3.8, 4) is 0 Å². The molecule has 0 radical (unpaired) electrons. The van der Waals surface area contributed by atoms with Crippen molar-refractivity contribution in [1.82, 2.24) is 5.32 Å². The fraction of sp³-hybridized carbons (Fsp3) is 0.400. The molecule has 1 heterocycles. The molecule has 1 aromatic carbocycles. The monoisotopic (exact) mass is 235 g/mol. The van der Waals surface area contributed by atoms with Gasteiger partial charge in [0.2, 0.25) is 0 Å². The molecule has 1 aromatic rings. The van der Waals surface area contributed by atoms with E-state index < -0.39 is 0 Å². The summed E-state index contributed by atoms with van der Waals surface area (Å²) in [5.74, 6) is -0.202. The van der Waals surface area contributed by atoms with Crippen LogP contribution in [0.25, 0.3) is 0 Å². The molecular formula is C10H12Cl2FN. The predicted molar refractivity (Wildman–Crippen MR) is 58.6 cm³/mol. The Balaban J connectivity index is 0.000000980. The van der Waals surface area contributed by atoms with Crippen LogP contribution in [-0.4, -0.2) is 6.54 Å². The molecular weight excluding hydrogens is 224 g/mol. The molecule has 0 amide bonds. The zero-order chi connectivity index (χ0) is 9.26. The van der Waals surface area contributed by atoms with Gasteiger partial charge in [-0.3, -0.25) is 0 Å². The van der Waals surface area contributed by atoms with Gasteiger partial charge in [-0.15, -0.1) is 12.4 Å². The lowest BCUT2D eigenvalue weighted by atomic mass is 10.1. The summed E-state index contributed by atoms with van der Waals surface area (Å²) in [6, 6.07) is 5.05. The molecule has 4 heteroatoms. The third-order valence-electron chi connectivity index (χ3n) is 2.40. The minimum absolute atomic E-state index is 0. The Morgan fingerprint density at radius 3 is 2.79 bits per heavy atom. The van der Waals surface area contributed by atoms with Crippen LogP contribution in [0.5, 0.6) is 0 Å². The second kappa shape index (κ2) is 4.96. The maximum Gasteiger partial charge on any atom is 0.129 e. The molecule has 78 valence electrons. The van der Waals surface area contributed by atoms with Crippen LogP contribution in [0, 0.1) is 5.82 Å². The molecule has 2 rings (SSSR count). The van der Waals surface area contributed by atoms with E-state index in [2.05, 4.69) is 5.32 Å². The number of hydrogen-bond donors (Lipinski definition) is 1. The van der Waals surface area contributed by atoms with Gasteiger partial charge in [0.1, 0.15) is 5.82 Å². The quantitative estimate of drug-likeness (QED) is 0.788. The summed E-state index contributed by atoms with van der Waals surface area (Å²) in [5, 5.41) is 3.71. The molecule has 14 heavy (non-hydrogen) atoms. The van der Waals surface area contributed by atoms with E-state index in [1.165, 1.54) is 6.07 Å². The molecule has 1 fully saturated rings. The average molecular weight is 236 g/mol. The highest BCUT2D eigenvalue weighted by atomic mass is 35.5. The van der Waals surface area contributed by atoms with E-state index in [0.717, 1.165) is 24.9 Å². The van der Waals surface area contributed by atoms with Crippen LogP contribution in [0.15, 0.2) is 18.2 Å². The zero-order valence-electron chi connectivity index (χ0n) is 7.59. The lowest BCUT2D eigenvalue weighted by Crippen LogP contribution is -2.14. The molecule has 1 nitrogen and oxygen atoms in total. The summed E-state index contributed by atoms with van der Waals surface area (Å²) in [7, 11) is 0. The first-order chi connectivity index (χ1) is 6.27. The fourth-order valence-electron chi connectivity index (χ4n) is 1.73. The maximum absolute atomic E-state index is 13.4. The molecule has 0 spiro atoms. The van der Waals surface area contributed by atoms with Crippen LogP contribution in [0.4, 0.5) is 4.39 Å². The standard InChI is InChI=1S/C10H11ClFN.ClH/c11-7-3-4-8(9(12)6-7)10-2-1-5-13-10;/h3-4,6,10,13H,1-2,5H2;1H. The van der Waals surface area contributed by atoms with Crippen molar-refractivity contribution in [3.05, 3.63) is 34.6 Å². The van der Waals surface area contributed by atoms with Crippen molar-refractivity contribution in [2.24, 2.45) is 0 Å². The Kier molecular flexibility index (Phi) is 4.17. The first kappa shape index (κ1) is 11.8. The van der Waals surface area contributed by atoms with E-state index >= 15 is 0 Å². The molecule has 0 bridgehead atoms. The summed E-state index contributed by atoms with van der Waals surface area (Å²) in [4.78, 5) is 0. The normalized spacial score (nSPS) is 20.6. The first-order valence-corrected chi connectivity index (χ1v) is 4.83. The summed E-state index contributed by atoms with van der Waals surface area (Å²) in [6.45, 7) is 0.979. The van der Waals surface area contributed by atoms with Crippen molar-refractivity contribution >= 4 is 24.0 Å². The molecule has 0 aliphatic carbocycles. The Bertz CT molecular complexity index is 311. The van der Waals surface area contributed by atoms with Gasteiger partial charge in [0.05, 0.1) is 0 Å². The van der Waals surface area contributed by atoms with Crippen LogP contribution in [0.1, 0.15) is 24.4 Å². The van der Waals surface area contributed by atoms with Gasteiger partial charge in [-0.2, -0.15) is 0 Å². The van der Waals surface area contributed by atoms with Crippen molar-refractivity contribution in [1.29, 1.82) is 0 Å². The summed E-state index contributed by atoms with van der Waals surface area (Å²) >= 11 is 5.66. The molecule has 0 saturated carbocycles. The van der Waals surface area contributed by atoms with Crippen LogP contribution < -0.4 is 5.32 Å². The number of hydrogen-bond acceptors (Lipinski definition) is 1. The SMILES string of the molecule is Cl.Fc1cc(Cl)ccc1C1CCCN1. The highest BCUT2D eigenvalue weighted by molar-refractivity contribution is 6.30. The van der Waals surface area contributed by atoms with Gasteiger partial charge in [0.25, 0.3) is 0 Å².